The minimum absolute atomic E-state index is 0.0695. The third-order valence-corrected chi connectivity index (χ3v) is 2.18. The van der Waals surface area contributed by atoms with Gasteiger partial charge in [-0.05, 0) is 24.3 Å². The van der Waals surface area contributed by atoms with Crippen LogP contribution in [0.25, 0.3) is 0 Å². The maximum absolute atomic E-state index is 11.9. The Kier molecular flexibility index (Phi) is 3.00. The number of carbonyl (C=O) groups excluding carboxylic acids is 1. The highest BCUT2D eigenvalue weighted by molar-refractivity contribution is 5.99. The molecule has 0 unspecified atom stereocenters. The summed E-state index contributed by atoms with van der Waals surface area (Å²) in [6.45, 7) is 0. The molecular formula is C12H11NO3. The molecule has 0 N–H and O–H groups in total. The van der Waals surface area contributed by atoms with Crippen molar-refractivity contribution in [1.82, 2.24) is 4.98 Å². The molecular weight excluding hydrogens is 206 g/mol. The molecule has 2 aromatic rings. The van der Waals surface area contributed by atoms with Crippen molar-refractivity contribution in [3.8, 4) is 5.88 Å². The Hall–Kier alpha value is -2.10. The fourth-order valence-electron chi connectivity index (χ4n) is 1.43. The van der Waals surface area contributed by atoms with Gasteiger partial charge in [-0.25, -0.2) is 4.98 Å². The quantitative estimate of drug-likeness (QED) is 0.736. The number of ketones is 1. The smallest absolute Gasteiger partial charge is 0.224 e. The van der Waals surface area contributed by atoms with Gasteiger partial charge < -0.3 is 9.15 Å². The summed E-state index contributed by atoms with van der Waals surface area (Å²) >= 11 is 0. The molecule has 0 atom stereocenters. The Balaban J connectivity index is 2.21. The number of rotatable bonds is 4. The number of carbonyl (C=O) groups is 1. The van der Waals surface area contributed by atoms with Gasteiger partial charge in [-0.1, -0.05) is 0 Å². The van der Waals surface area contributed by atoms with Crippen LogP contribution in [0.15, 0.2) is 41.1 Å². The fourth-order valence-corrected chi connectivity index (χ4v) is 1.43. The largest absolute Gasteiger partial charge is 0.480 e. The zero-order chi connectivity index (χ0) is 11.4. The average Bonchev–Trinajstić information content (AvgIpc) is 2.81. The van der Waals surface area contributed by atoms with Crippen molar-refractivity contribution >= 4 is 5.78 Å². The van der Waals surface area contributed by atoms with Gasteiger partial charge in [0.05, 0.1) is 25.4 Å². The molecule has 0 bridgehead atoms. The zero-order valence-corrected chi connectivity index (χ0v) is 8.84. The predicted molar refractivity (Wildman–Crippen MR) is 57.5 cm³/mol. The maximum Gasteiger partial charge on any atom is 0.224 e. The van der Waals surface area contributed by atoms with E-state index in [1.807, 2.05) is 0 Å². The molecule has 4 nitrogen and oxygen atoms in total. The van der Waals surface area contributed by atoms with E-state index in [9.17, 15) is 4.79 Å². The van der Waals surface area contributed by atoms with Crippen molar-refractivity contribution in [1.29, 1.82) is 0 Å². The topological polar surface area (TPSA) is 52.3 Å². The lowest BCUT2D eigenvalue weighted by Gasteiger charge is -2.04. The first kappa shape index (κ1) is 10.4. The summed E-state index contributed by atoms with van der Waals surface area (Å²) < 4.78 is 10.1. The highest BCUT2D eigenvalue weighted by Crippen LogP contribution is 2.16. The van der Waals surface area contributed by atoms with E-state index in [4.69, 9.17) is 9.15 Å². The van der Waals surface area contributed by atoms with Crippen LogP contribution >= 0.6 is 0 Å². The predicted octanol–water partition coefficient (Wildman–Crippen LogP) is 2.11. The normalized spacial score (nSPS) is 10.1. The number of pyridine rings is 1. The molecule has 82 valence electrons. The van der Waals surface area contributed by atoms with Gasteiger partial charge in [0.15, 0.2) is 5.78 Å². The molecule has 2 rings (SSSR count). The fraction of sp³-hybridized carbons (Fsp3) is 0.167. The third-order valence-electron chi connectivity index (χ3n) is 2.18. The summed E-state index contributed by atoms with van der Waals surface area (Å²) in [5.74, 6) is 0.912. The molecule has 16 heavy (non-hydrogen) atoms. The van der Waals surface area contributed by atoms with Gasteiger partial charge in [0, 0.05) is 6.20 Å². The summed E-state index contributed by atoms with van der Waals surface area (Å²) in [5.41, 5.74) is 0.474. The Morgan fingerprint density at radius 1 is 1.44 bits per heavy atom. The second kappa shape index (κ2) is 4.61. The van der Waals surface area contributed by atoms with Crippen LogP contribution in [-0.4, -0.2) is 17.9 Å². The molecule has 4 heteroatoms. The molecule has 0 spiro atoms. The molecule has 0 aliphatic carbocycles. The lowest BCUT2D eigenvalue weighted by Crippen LogP contribution is -2.06. The van der Waals surface area contributed by atoms with Crippen LogP contribution in [0, 0.1) is 0 Å². The molecule has 2 aromatic heterocycles. The van der Waals surface area contributed by atoms with Crippen molar-refractivity contribution in [2.75, 3.05) is 7.11 Å². The highest BCUT2D eigenvalue weighted by Gasteiger charge is 2.14. The first-order valence-electron chi connectivity index (χ1n) is 4.86. The van der Waals surface area contributed by atoms with Crippen LogP contribution in [-0.2, 0) is 6.42 Å². The van der Waals surface area contributed by atoms with Gasteiger partial charge in [-0.3, -0.25) is 4.79 Å². The first-order valence-corrected chi connectivity index (χ1v) is 4.86. The molecule has 0 fully saturated rings. The molecule has 0 amide bonds. The Labute approximate surface area is 92.9 Å². The van der Waals surface area contributed by atoms with E-state index in [1.54, 1.807) is 36.7 Å². The van der Waals surface area contributed by atoms with E-state index in [-0.39, 0.29) is 12.2 Å². The Bertz CT molecular complexity index is 477. The van der Waals surface area contributed by atoms with Crippen molar-refractivity contribution < 1.29 is 13.9 Å². The second-order valence-corrected chi connectivity index (χ2v) is 3.24. The number of ether oxygens (including phenoxy) is 1. The molecule has 0 aromatic carbocycles. The van der Waals surface area contributed by atoms with E-state index in [1.165, 1.54) is 7.11 Å². The van der Waals surface area contributed by atoms with Crippen LogP contribution in [0.4, 0.5) is 0 Å². The summed E-state index contributed by atoms with van der Waals surface area (Å²) in [4.78, 5) is 15.9. The number of hydrogen-bond donors (Lipinski definition) is 0. The lowest BCUT2D eigenvalue weighted by molar-refractivity contribution is 0.0983. The summed E-state index contributed by atoms with van der Waals surface area (Å²) in [7, 11) is 1.49. The third kappa shape index (κ3) is 2.11. The van der Waals surface area contributed by atoms with E-state index in [0.29, 0.717) is 17.2 Å². The molecule has 0 aliphatic heterocycles. The average molecular weight is 217 g/mol. The van der Waals surface area contributed by atoms with Crippen molar-refractivity contribution in [2.24, 2.45) is 0 Å². The van der Waals surface area contributed by atoms with Crippen molar-refractivity contribution in [3.05, 3.63) is 48.0 Å². The summed E-state index contributed by atoms with van der Waals surface area (Å²) in [5, 5.41) is 0. The minimum Gasteiger partial charge on any atom is -0.480 e. The lowest BCUT2D eigenvalue weighted by atomic mass is 10.1. The standard InChI is InChI=1S/C12H11NO3/c1-15-12-10(5-2-6-13-12)11(14)8-9-4-3-7-16-9/h2-7H,8H2,1H3. The zero-order valence-electron chi connectivity index (χ0n) is 8.84. The SMILES string of the molecule is COc1ncccc1C(=O)Cc1ccco1. The van der Waals surface area contributed by atoms with Crippen LogP contribution < -0.4 is 4.74 Å². The second-order valence-electron chi connectivity index (χ2n) is 3.24. The van der Waals surface area contributed by atoms with Crippen molar-refractivity contribution in [2.45, 2.75) is 6.42 Å². The number of Topliss-reactive ketones (excluding diaryl/α,β-unsaturated/α-hetero) is 1. The molecule has 0 aliphatic rings. The Morgan fingerprint density at radius 2 is 2.31 bits per heavy atom. The van der Waals surface area contributed by atoms with Gasteiger partial charge >= 0.3 is 0 Å². The Morgan fingerprint density at radius 3 is 3.00 bits per heavy atom. The number of nitrogens with zero attached hydrogens (tertiary/aromatic N) is 1. The van der Waals surface area contributed by atoms with Gasteiger partial charge in [0.1, 0.15) is 5.76 Å². The van der Waals surface area contributed by atoms with Gasteiger partial charge in [0.25, 0.3) is 0 Å². The van der Waals surface area contributed by atoms with Gasteiger partial charge in [-0.15, -0.1) is 0 Å². The van der Waals surface area contributed by atoms with Crippen LogP contribution in [0.3, 0.4) is 0 Å². The molecule has 2 heterocycles. The first-order chi connectivity index (χ1) is 7.81. The van der Waals surface area contributed by atoms with Crippen LogP contribution in [0.2, 0.25) is 0 Å². The van der Waals surface area contributed by atoms with Crippen molar-refractivity contribution in [3.63, 3.8) is 0 Å². The van der Waals surface area contributed by atoms with E-state index in [0.717, 1.165) is 0 Å². The van der Waals surface area contributed by atoms with Gasteiger partial charge in [-0.2, -0.15) is 0 Å². The maximum atomic E-state index is 11.9. The molecule has 0 saturated carbocycles. The number of aromatic nitrogens is 1. The molecule has 0 saturated heterocycles. The minimum atomic E-state index is -0.0695. The summed E-state index contributed by atoms with van der Waals surface area (Å²) in [6, 6.07) is 6.92. The molecule has 0 radical (unpaired) electrons. The number of methoxy groups -OCH3 is 1. The van der Waals surface area contributed by atoms with Crippen LogP contribution in [0.1, 0.15) is 16.1 Å². The number of hydrogen-bond acceptors (Lipinski definition) is 4. The highest BCUT2D eigenvalue weighted by atomic mass is 16.5. The van der Waals surface area contributed by atoms with E-state index < -0.39 is 0 Å². The van der Waals surface area contributed by atoms with Gasteiger partial charge in [0.2, 0.25) is 5.88 Å². The monoisotopic (exact) mass is 217 g/mol. The number of furan rings is 1. The summed E-state index contributed by atoms with van der Waals surface area (Å²) in [6.07, 6.45) is 3.35. The van der Waals surface area contributed by atoms with E-state index in [2.05, 4.69) is 4.98 Å². The van der Waals surface area contributed by atoms with E-state index >= 15 is 0 Å². The van der Waals surface area contributed by atoms with Crippen LogP contribution in [0.5, 0.6) is 5.88 Å².